The molecule has 0 aliphatic carbocycles. The van der Waals surface area contributed by atoms with Crippen LogP contribution in [0.1, 0.15) is 38.4 Å². The van der Waals surface area contributed by atoms with Gasteiger partial charge in [-0.1, -0.05) is 29.8 Å². The molecule has 160 valence electrons. The lowest BCUT2D eigenvalue weighted by Gasteiger charge is -2.19. The van der Waals surface area contributed by atoms with Crippen molar-refractivity contribution in [1.29, 1.82) is 0 Å². The first-order valence-electron chi connectivity index (χ1n) is 9.29. The molecule has 0 fully saturated rings. The van der Waals surface area contributed by atoms with Gasteiger partial charge in [-0.25, -0.2) is 4.79 Å². The number of aromatic nitrogens is 3. The zero-order chi connectivity index (χ0) is 22.4. The highest BCUT2D eigenvalue weighted by Crippen LogP contribution is 2.18. The van der Waals surface area contributed by atoms with E-state index in [1.165, 1.54) is 29.3 Å². The molecule has 1 atom stereocenters. The molecule has 1 aromatic carbocycles. The van der Waals surface area contributed by atoms with Crippen LogP contribution in [0.4, 0.5) is 0 Å². The van der Waals surface area contributed by atoms with Crippen molar-refractivity contribution in [2.24, 2.45) is 0 Å². The predicted molar refractivity (Wildman–Crippen MR) is 111 cm³/mol. The summed E-state index contributed by atoms with van der Waals surface area (Å²) in [6.07, 6.45) is 4.12. The molecule has 10 heteroatoms. The first-order chi connectivity index (χ1) is 14.8. The molecule has 3 rings (SSSR count). The Morgan fingerprint density at radius 1 is 1.06 bits per heavy atom. The van der Waals surface area contributed by atoms with Crippen LogP contribution in [0.5, 0.6) is 0 Å². The number of carboxylic acids is 2. The summed E-state index contributed by atoms with van der Waals surface area (Å²) in [5.74, 6) is -2.73. The third-order valence-electron chi connectivity index (χ3n) is 4.59. The van der Waals surface area contributed by atoms with Gasteiger partial charge in [0.05, 0.1) is 18.5 Å². The Morgan fingerprint density at radius 3 is 2.55 bits per heavy atom. The molecule has 2 heterocycles. The van der Waals surface area contributed by atoms with Crippen LogP contribution < -0.4 is 5.32 Å². The minimum Gasteiger partial charge on any atom is -0.481 e. The Balaban J connectivity index is 1.82. The Hall–Kier alpha value is -3.72. The van der Waals surface area contributed by atoms with Crippen molar-refractivity contribution in [1.82, 2.24) is 20.1 Å². The number of aromatic carboxylic acids is 1. The van der Waals surface area contributed by atoms with Gasteiger partial charge in [0.25, 0.3) is 5.91 Å². The number of rotatable bonds is 9. The van der Waals surface area contributed by atoms with Gasteiger partial charge in [-0.15, -0.1) is 0 Å². The van der Waals surface area contributed by atoms with E-state index >= 15 is 0 Å². The topological polar surface area (TPSA) is 134 Å². The van der Waals surface area contributed by atoms with Crippen LogP contribution in [0, 0.1) is 0 Å². The molecule has 0 saturated heterocycles. The number of carbonyl (C=O) groups is 3. The summed E-state index contributed by atoms with van der Waals surface area (Å²) in [5.41, 5.74) is 1.38. The number of aliphatic carboxylic acids is 1. The van der Waals surface area contributed by atoms with Crippen molar-refractivity contribution in [3.8, 4) is 0 Å². The van der Waals surface area contributed by atoms with Gasteiger partial charge in [0, 0.05) is 29.7 Å². The van der Waals surface area contributed by atoms with Gasteiger partial charge in [0.2, 0.25) is 0 Å². The minimum atomic E-state index is -1.14. The van der Waals surface area contributed by atoms with Crippen LogP contribution >= 0.6 is 11.6 Å². The van der Waals surface area contributed by atoms with Gasteiger partial charge >= 0.3 is 11.9 Å². The molecule has 0 bridgehead atoms. The van der Waals surface area contributed by atoms with Crippen LogP contribution in [-0.4, -0.2) is 48.9 Å². The molecule has 0 saturated carbocycles. The predicted octanol–water partition coefficient (Wildman–Crippen LogP) is 2.49. The molecule has 0 aliphatic heterocycles. The molecule has 1 amide bonds. The lowest BCUT2D eigenvalue weighted by atomic mass is 10.0. The summed E-state index contributed by atoms with van der Waals surface area (Å²) >= 11 is 6.18. The van der Waals surface area contributed by atoms with E-state index in [0.717, 1.165) is 0 Å². The Bertz CT molecular complexity index is 1110. The standard InChI is InChI=1S/C21H19ClN4O5/c22-17-4-2-1-3-13(17)9-15(10-19(27)28)25-20(29)16-11-23-7-5-14(16)12-26-18(21(30)31)6-8-24-26/h1-8,11,15H,9-10,12H2,(H,25,29)(H,27,28)(H,30,31)/t15-/m1/s1. The Kier molecular flexibility index (Phi) is 6.99. The number of nitrogens with zero attached hydrogens (tertiary/aromatic N) is 3. The maximum Gasteiger partial charge on any atom is 0.354 e. The number of carbonyl (C=O) groups excluding carboxylic acids is 1. The van der Waals surface area contributed by atoms with E-state index in [-0.39, 0.29) is 30.6 Å². The van der Waals surface area contributed by atoms with E-state index < -0.39 is 23.9 Å². The molecule has 0 unspecified atom stereocenters. The van der Waals surface area contributed by atoms with E-state index in [9.17, 15) is 24.6 Å². The fraction of sp³-hybridized carbons (Fsp3) is 0.190. The van der Waals surface area contributed by atoms with E-state index in [4.69, 9.17) is 11.6 Å². The molecule has 0 aliphatic rings. The number of pyridine rings is 1. The van der Waals surface area contributed by atoms with Crippen LogP contribution in [0.25, 0.3) is 0 Å². The van der Waals surface area contributed by atoms with Crippen molar-refractivity contribution >= 4 is 29.4 Å². The molecule has 3 aromatic rings. The van der Waals surface area contributed by atoms with Gasteiger partial charge in [-0.2, -0.15) is 5.10 Å². The maximum atomic E-state index is 13.0. The molecular formula is C21H19ClN4O5. The SMILES string of the molecule is O=C(O)C[C@@H](Cc1ccccc1Cl)NC(=O)c1cnccc1Cn1nccc1C(=O)O. The van der Waals surface area contributed by atoms with E-state index in [2.05, 4.69) is 15.4 Å². The summed E-state index contributed by atoms with van der Waals surface area (Å²) in [6, 6.07) is 9.24. The largest absolute Gasteiger partial charge is 0.481 e. The smallest absolute Gasteiger partial charge is 0.354 e. The zero-order valence-corrected chi connectivity index (χ0v) is 17.0. The average molecular weight is 443 g/mol. The highest BCUT2D eigenvalue weighted by Gasteiger charge is 2.21. The lowest BCUT2D eigenvalue weighted by molar-refractivity contribution is -0.137. The molecule has 31 heavy (non-hydrogen) atoms. The summed E-state index contributed by atoms with van der Waals surface area (Å²) in [5, 5.41) is 25.7. The number of benzene rings is 1. The van der Waals surface area contributed by atoms with Crippen molar-refractivity contribution in [3.63, 3.8) is 0 Å². The number of nitrogens with one attached hydrogen (secondary N) is 1. The second-order valence-corrected chi connectivity index (χ2v) is 7.18. The van der Waals surface area contributed by atoms with Crippen LogP contribution in [0.15, 0.2) is 55.0 Å². The average Bonchev–Trinajstić information content (AvgIpc) is 3.18. The van der Waals surface area contributed by atoms with Crippen molar-refractivity contribution in [2.75, 3.05) is 0 Å². The summed E-state index contributed by atoms with van der Waals surface area (Å²) in [6.45, 7) is 0.0357. The third kappa shape index (κ3) is 5.67. The highest BCUT2D eigenvalue weighted by molar-refractivity contribution is 6.31. The second kappa shape index (κ2) is 9.86. The van der Waals surface area contributed by atoms with Crippen molar-refractivity contribution < 1.29 is 24.6 Å². The van der Waals surface area contributed by atoms with E-state index in [0.29, 0.717) is 16.1 Å². The fourth-order valence-corrected chi connectivity index (χ4v) is 3.36. The first-order valence-corrected chi connectivity index (χ1v) is 9.67. The molecule has 0 spiro atoms. The first kappa shape index (κ1) is 22.0. The summed E-state index contributed by atoms with van der Waals surface area (Å²) in [7, 11) is 0. The molecule has 0 radical (unpaired) electrons. The van der Waals surface area contributed by atoms with Crippen LogP contribution in [0.2, 0.25) is 5.02 Å². The van der Waals surface area contributed by atoms with Crippen LogP contribution in [0.3, 0.4) is 0 Å². The van der Waals surface area contributed by atoms with Crippen LogP contribution in [-0.2, 0) is 17.8 Å². The Morgan fingerprint density at radius 2 is 1.84 bits per heavy atom. The zero-order valence-electron chi connectivity index (χ0n) is 16.2. The third-order valence-corrected chi connectivity index (χ3v) is 4.96. The molecule has 9 nitrogen and oxygen atoms in total. The maximum absolute atomic E-state index is 13.0. The van der Waals surface area contributed by atoms with Gasteiger partial charge in [0.15, 0.2) is 0 Å². The second-order valence-electron chi connectivity index (χ2n) is 6.78. The number of hydrogen-bond donors (Lipinski definition) is 3. The van der Waals surface area contributed by atoms with E-state index in [1.807, 2.05) is 0 Å². The summed E-state index contributed by atoms with van der Waals surface area (Å²) < 4.78 is 1.26. The quantitative estimate of drug-likeness (QED) is 0.463. The monoisotopic (exact) mass is 442 g/mol. The number of carboxylic acid groups (broad SMARTS) is 2. The lowest BCUT2D eigenvalue weighted by Crippen LogP contribution is -2.38. The number of hydrogen-bond acceptors (Lipinski definition) is 5. The normalized spacial score (nSPS) is 11.6. The fourth-order valence-electron chi connectivity index (χ4n) is 3.14. The molecular weight excluding hydrogens is 424 g/mol. The van der Waals surface area contributed by atoms with Gasteiger partial charge < -0.3 is 15.5 Å². The van der Waals surface area contributed by atoms with Gasteiger partial charge in [0.1, 0.15) is 5.69 Å². The number of halogens is 1. The highest BCUT2D eigenvalue weighted by atomic mass is 35.5. The summed E-state index contributed by atoms with van der Waals surface area (Å²) in [4.78, 5) is 39.6. The number of amides is 1. The van der Waals surface area contributed by atoms with Crippen molar-refractivity contribution in [3.05, 3.63) is 82.4 Å². The van der Waals surface area contributed by atoms with Gasteiger partial charge in [-0.3, -0.25) is 19.3 Å². The minimum absolute atomic E-state index is 0.0226. The van der Waals surface area contributed by atoms with Gasteiger partial charge in [-0.05, 0) is 35.7 Å². The Labute approximate surface area is 182 Å². The van der Waals surface area contributed by atoms with Crippen molar-refractivity contribution in [2.45, 2.75) is 25.4 Å². The molecule has 2 aromatic heterocycles. The molecule has 3 N–H and O–H groups in total. The van der Waals surface area contributed by atoms with E-state index in [1.54, 1.807) is 30.3 Å².